The molecule has 0 aliphatic rings. The lowest BCUT2D eigenvalue weighted by atomic mass is 10.0. The number of hydrogen-bond donors (Lipinski definition) is 3. The molecule has 0 bridgehead atoms. The van der Waals surface area contributed by atoms with Gasteiger partial charge in [0.25, 0.3) is 0 Å². The average molecular weight is 273 g/mol. The Labute approximate surface area is 115 Å². The zero-order chi connectivity index (χ0) is 14.8. The van der Waals surface area contributed by atoms with E-state index in [9.17, 15) is 9.59 Å². The van der Waals surface area contributed by atoms with Gasteiger partial charge in [0.05, 0.1) is 13.2 Å². The van der Waals surface area contributed by atoms with Gasteiger partial charge < -0.3 is 21.5 Å². The lowest BCUT2D eigenvalue weighted by Gasteiger charge is -2.20. The van der Waals surface area contributed by atoms with E-state index in [4.69, 9.17) is 11.5 Å². The summed E-state index contributed by atoms with van der Waals surface area (Å²) in [7, 11) is 1.30. The average Bonchev–Trinajstić information content (AvgIpc) is 2.35. The monoisotopic (exact) mass is 273 g/mol. The van der Waals surface area contributed by atoms with Crippen molar-refractivity contribution in [3.8, 4) is 0 Å². The molecule has 0 heterocycles. The summed E-state index contributed by atoms with van der Waals surface area (Å²) < 4.78 is 4.68. The van der Waals surface area contributed by atoms with Crippen LogP contribution in [0.2, 0.25) is 0 Å². The van der Waals surface area contributed by atoms with Crippen molar-refractivity contribution in [2.75, 3.05) is 13.7 Å². The van der Waals surface area contributed by atoms with Crippen LogP contribution in [-0.4, -0.2) is 37.6 Å². The van der Waals surface area contributed by atoms with Crippen molar-refractivity contribution in [1.29, 1.82) is 0 Å². The standard InChI is InChI=1S/C13H27N3O3/c1-9(2)8-10(15)12(17)16-11(13(18)19-3)6-4-5-7-14/h9-11H,4-8,14-15H2,1-3H3,(H,16,17)/t10-,11-/m0/s1. The number of nitrogens with one attached hydrogen (secondary N) is 1. The number of unbranched alkanes of at least 4 members (excludes halogenated alkanes) is 1. The second-order valence-electron chi connectivity index (χ2n) is 5.10. The number of rotatable bonds is 9. The smallest absolute Gasteiger partial charge is 0.328 e. The van der Waals surface area contributed by atoms with Crippen LogP contribution in [0.25, 0.3) is 0 Å². The summed E-state index contributed by atoms with van der Waals surface area (Å²) in [5.74, 6) is -0.423. The second-order valence-corrected chi connectivity index (χ2v) is 5.10. The maximum Gasteiger partial charge on any atom is 0.328 e. The molecule has 0 aromatic rings. The summed E-state index contributed by atoms with van der Waals surface area (Å²) in [6.07, 6.45) is 2.67. The zero-order valence-electron chi connectivity index (χ0n) is 12.1. The van der Waals surface area contributed by atoms with Crippen molar-refractivity contribution in [3.63, 3.8) is 0 Å². The fourth-order valence-corrected chi connectivity index (χ4v) is 1.78. The first kappa shape index (κ1) is 17.9. The normalized spacial score (nSPS) is 14.0. The van der Waals surface area contributed by atoms with Gasteiger partial charge in [0.2, 0.25) is 5.91 Å². The molecule has 0 aliphatic heterocycles. The third-order valence-electron chi connectivity index (χ3n) is 2.81. The highest BCUT2D eigenvalue weighted by atomic mass is 16.5. The number of ether oxygens (including phenoxy) is 1. The highest BCUT2D eigenvalue weighted by Gasteiger charge is 2.24. The molecular formula is C13H27N3O3. The van der Waals surface area contributed by atoms with Crippen LogP contribution in [0.1, 0.15) is 39.5 Å². The van der Waals surface area contributed by atoms with E-state index in [0.29, 0.717) is 25.3 Å². The van der Waals surface area contributed by atoms with Crippen LogP contribution in [0.5, 0.6) is 0 Å². The van der Waals surface area contributed by atoms with Gasteiger partial charge in [-0.25, -0.2) is 4.79 Å². The Morgan fingerprint density at radius 2 is 1.89 bits per heavy atom. The molecule has 0 radical (unpaired) electrons. The van der Waals surface area contributed by atoms with Crippen molar-refractivity contribution in [1.82, 2.24) is 5.32 Å². The quantitative estimate of drug-likeness (QED) is 0.409. The molecule has 5 N–H and O–H groups in total. The van der Waals surface area contributed by atoms with Crippen molar-refractivity contribution < 1.29 is 14.3 Å². The van der Waals surface area contributed by atoms with E-state index in [1.165, 1.54) is 7.11 Å². The topological polar surface area (TPSA) is 107 Å². The maximum absolute atomic E-state index is 11.9. The van der Waals surface area contributed by atoms with Gasteiger partial charge in [-0.15, -0.1) is 0 Å². The molecule has 2 atom stereocenters. The first-order valence-electron chi connectivity index (χ1n) is 6.76. The van der Waals surface area contributed by atoms with Gasteiger partial charge in [-0.05, 0) is 38.1 Å². The number of carbonyl (C=O) groups is 2. The second kappa shape index (κ2) is 9.75. The zero-order valence-corrected chi connectivity index (χ0v) is 12.1. The van der Waals surface area contributed by atoms with Gasteiger partial charge in [0, 0.05) is 0 Å². The number of carbonyl (C=O) groups excluding carboxylic acids is 2. The third-order valence-corrected chi connectivity index (χ3v) is 2.81. The Balaban J connectivity index is 4.37. The van der Waals surface area contributed by atoms with E-state index in [1.807, 2.05) is 13.8 Å². The van der Waals surface area contributed by atoms with Crippen LogP contribution >= 0.6 is 0 Å². The van der Waals surface area contributed by atoms with Crippen molar-refractivity contribution in [2.24, 2.45) is 17.4 Å². The minimum atomic E-state index is -0.637. The summed E-state index contributed by atoms with van der Waals surface area (Å²) in [5, 5.41) is 2.65. The summed E-state index contributed by atoms with van der Waals surface area (Å²) >= 11 is 0. The molecule has 0 fully saturated rings. The number of methoxy groups -OCH3 is 1. The summed E-state index contributed by atoms with van der Waals surface area (Å²) in [6.45, 7) is 4.55. The van der Waals surface area contributed by atoms with Crippen LogP contribution < -0.4 is 16.8 Å². The summed E-state index contributed by atoms with van der Waals surface area (Å²) in [6, 6.07) is -1.23. The third kappa shape index (κ3) is 7.79. The molecule has 0 aromatic heterocycles. The number of nitrogens with two attached hydrogens (primary N) is 2. The first-order valence-corrected chi connectivity index (χ1v) is 6.76. The lowest BCUT2D eigenvalue weighted by Crippen LogP contribution is -2.49. The number of esters is 1. The van der Waals surface area contributed by atoms with Crippen LogP contribution in [0, 0.1) is 5.92 Å². The Hall–Kier alpha value is -1.14. The van der Waals surface area contributed by atoms with Gasteiger partial charge in [-0.1, -0.05) is 13.8 Å². The fraction of sp³-hybridized carbons (Fsp3) is 0.846. The Bertz CT molecular complexity index is 282. The lowest BCUT2D eigenvalue weighted by molar-refractivity contribution is -0.145. The van der Waals surface area contributed by atoms with Gasteiger partial charge >= 0.3 is 5.97 Å². The molecule has 0 saturated heterocycles. The molecule has 0 saturated carbocycles. The largest absolute Gasteiger partial charge is 0.467 e. The van der Waals surface area contributed by atoms with Gasteiger partial charge in [0.1, 0.15) is 6.04 Å². The van der Waals surface area contributed by atoms with Gasteiger partial charge in [-0.2, -0.15) is 0 Å². The minimum Gasteiger partial charge on any atom is -0.467 e. The Morgan fingerprint density at radius 1 is 1.26 bits per heavy atom. The Kier molecular flexibility index (Phi) is 9.16. The molecule has 0 aromatic carbocycles. The van der Waals surface area contributed by atoms with E-state index in [2.05, 4.69) is 10.1 Å². The van der Waals surface area contributed by atoms with Crippen LogP contribution in [0.15, 0.2) is 0 Å². The van der Waals surface area contributed by atoms with Crippen molar-refractivity contribution in [2.45, 2.75) is 51.6 Å². The number of amides is 1. The molecule has 19 heavy (non-hydrogen) atoms. The molecule has 0 aliphatic carbocycles. The minimum absolute atomic E-state index is 0.308. The maximum atomic E-state index is 11.9. The summed E-state index contributed by atoms with van der Waals surface area (Å²) in [5.41, 5.74) is 11.2. The molecule has 6 heteroatoms. The fourth-order valence-electron chi connectivity index (χ4n) is 1.78. The molecule has 0 unspecified atom stereocenters. The SMILES string of the molecule is COC(=O)[C@H](CCCCN)NC(=O)[C@@H](N)CC(C)C. The van der Waals surface area contributed by atoms with E-state index in [1.54, 1.807) is 0 Å². The van der Waals surface area contributed by atoms with Gasteiger partial charge in [0.15, 0.2) is 0 Å². The molecule has 0 rings (SSSR count). The molecule has 112 valence electrons. The molecule has 0 spiro atoms. The first-order chi connectivity index (χ1) is 8.92. The predicted octanol–water partition coefficient (Wildman–Crippen LogP) is 0.147. The van der Waals surface area contributed by atoms with Crippen LogP contribution in [0.3, 0.4) is 0 Å². The molecular weight excluding hydrogens is 246 g/mol. The molecule has 1 amide bonds. The van der Waals surface area contributed by atoms with E-state index in [0.717, 1.165) is 12.8 Å². The summed E-state index contributed by atoms with van der Waals surface area (Å²) in [4.78, 5) is 23.5. The van der Waals surface area contributed by atoms with Crippen LogP contribution in [-0.2, 0) is 14.3 Å². The van der Waals surface area contributed by atoms with Crippen LogP contribution in [0.4, 0.5) is 0 Å². The highest BCUT2D eigenvalue weighted by Crippen LogP contribution is 2.06. The number of hydrogen-bond acceptors (Lipinski definition) is 5. The Morgan fingerprint density at radius 3 is 2.37 bits per heavy atom. The van der Waals surface area contributed by atoms with Crippen molar-refractivity contribution in [3.05, 3.63) is 0 Å². The molecule has 6 nitrogen and oxygen atoms in total. The van der Waals surface area contributed by atoms with Crippen molar-refractivity contribution >= 4 is 11.9 Å². The van der Waals surface area contributed by atoms with E-state index in [-0.39, 0.29) is 5.91 Å². The van der Waals surface area contributed by atoms with E-state index < -0.39 is 18.1 Å². The van der Waals surface area contributed by atoms with Gasteiger partial charge in [-0.3, -0.25) is 4.79 Å². The van der Waals surface area contributed by atoms with E-state index >= 15 is 0 Å². The predicted molar refractivity (Wildman–Crippen MR) is 74.3 cm³/mol. The highest BCUT2D eigenvalue weighted by molar-refractivity contribution is 5.87.